The van der Waals surface area contributed by atoms with E-state index in [4.69, 9.17) is 4.74 Å². The summed E-state index contributed by atoms with van der Waals surface area (Å²) in [6.45, 7) is 2.82. The fraction of sp³-hybridized carbons (Fsp3) is 0.471. The van der Waals surface area contributed by atoms with Crippen LogP contribution in [0.25, 0.3) is 0 Å². The monoisotopic (exact) mass is 318 g/mol. The first kappa shape index (κ1) is 17.0. The lowest BCUT2D eigenvalue weighted by atomic mass is 9.98. The summed E-state index contributed by atoms with van der Waals surface area (Å²) in [7, 11) is 0. The summed E-state index contributed by atoms with van der Waals surface area (Å²) in [5.74, 6) is -0.330. The van der Waals surface area contributed by atoms with Gasteiger partial charge in [0.25, 0.3) is 0 Å². The van der Waals surface area contributed by atoms with Crippen molar-refractivity contribution in [3.05, 3.63) is 24.3 Å². The Balaban J connectivity index is 2.02. The third kappa shape index (κ3) is 5.09. The summed E-state index contributed by atoms with van der Waals surface area (Å²) in [4.78, 5) is 34.7. The molecule has 2 N–H and O–H groups in total. The van der Waals surface area contributed by atoms with Crippen molar-refractivity contribution in [1.29, 1.82) is 0 Å². The molecule has 6 heteroatoms. The maximum absolute atomic E-state index is 12.4. The van der Waals surface area contributed by atoms with Crippen LogP contribution in [0.5, 0.6) is 5.75 Å². The Labute approximate surface area is 135 Å². The van der Waals surface area contributed by atoms with Gasteiger partial charge in [0.15, 0.2) is 0 Å². The van der Waals surface area contributed by atoms with Gasteiger partial charge in [-0.05, 0) is 43.0 Å². The molecular formula is C17H22N2O4. The molecule has 1 atom stereocenters. The SMILES string of the molecule is CC(=O)Nc1ccc(OC(=O)C(NC(C)=O)C2CCCC2)cc1. The van der Waals surface area contributed by atoms with Crippen LogP contribution < -0.4 is 15.4 Å². The van der Waals surface area contributed by atoms with Gasteiger partial charge in [-0.1, -0.05) is 12.8 Å². The number of carbonyl (C=O) groups excluding carboxylic acids is 3. The zero-order valence-corrected chi connectivity index (χ0v) is 13.4. The van der Waals surface area contributed by atoms with Crippen molar-refractivity contribution in [3.63, 3.8) is 0 Å². The molecule has 1 aliphatic carbocycles. The predicted molar refractivity (Wildman–Crippen MR) is 85.9 cm³/mol. The molecule has 1 aliphatic rings. The molecule has 0 heterocycles. The molecule has 124 valence electrons. The Kier molecular flexibility index (Phi) is 5.73. The summed E-state index contributed by atoms with van der Waals surface area (Å²) in [5, 5.41) is 5.35. The van der Waals surface area contributed by atoms with E-state index in [1.165, 1.54) is 13.8 Å². The average Bonchev–Trinajstić information content (AvgIpc) is 3.00. The Bertz CT molecular complexity index is 577. The van der Waals surface area contributed by atoms with Gasteiger partial charge in [-0.2, -0.15) is 0 Å². The second-order valence-corrected chi connectivity index (χ2v) is 5.85. The smallest absolute Gasteiger partial charge is 0.334 e. The van der Waals surface area contributed by atoms with Crippen LogP contribution in [0.15, 0.2) is 24.3 Å². The van der Waals surface area contributed by atoms with Crippen LogP contribution in [-0.2, 0) is 14.4 Å². The molecule has 0 aromatic heterocycles. The van der Waals surface area contributed by atoms with Gasteiger partial charge in [-0.25, -0.2) is 4.79 Å². The van der Waals surface area contributed by atoms with E-state index in [1.807, 2.05) is 0 Å². The zero-order valence-electron chi connectivity index (χ0n) is 13.4. The highest BCUT2D eigenvalue weighted by Gasteiger charge is 2.32. The first-order chi connectivity index (χ1) is 11.0. The molecule has 2 amide bonds. The molecule has 1 aromatic rings. The molecule has 0 spiro atoms. The van der Waals surface area contributed by atoms with E-state index in [9.17, 15) is 14.4 Å². The van der Waals surface area contributed by atoms with Crippen LogP contribution >= 0.6 is 0 Å². The number of hydrogen-bond acceptors (Lipinski definition) is 4. The number of hydrogen-bond donors (Lipinski definition) is 2. The van der Waals surface area contributed by atoms with Gasteiger partial charge in [0.1, 0.15) is 11.8 Å². The van der Waals surface area contributed by atoms with Crippen LogP contribution in [0.3, 0.4) is 0 Å². The minimum atomic E-state index is -0.606. The number of amides is 2. The largest absolute Gasteiger partial charge is 0.425 e. The zero-order chi connectivity index (χ0) is 16.8. The van der Waals surface area contributed by atoms with Crippen LogP contribution in [0.2, 0.25) is 0 Å². The summed E-state index contributed by atoms with van der Waals surface area (Å²) >= 11 is 0. The van der Waals surface area contributed by atoms with E-state index >= 15 is 0 Å². The quantitative estimate of drug-likeness (QED) is 0.644. The Morgan fingerprint density at radius 1 is 1.04 bits per heavy atom. The molecule has 0 bridgehead atoms. The normalized spacial score (nSPS) is 15.7. The molecule has 0 radical (unpaired) electrons. The second-order valence-electron chi connectivity index (χ2n) is 5.85. The van der Waals surface area contributed by atoms with E-state index in [-0.39, 0.29) is 17.7 Å². The molecule has 1 unspecified atom stereocenters. The van der Waals surface area contributed by atoms with Crippen molar-refractivity contribution in [3.8, 4) is 5.75 Å². The van der Waals surface area contributed by atoms with Crippen LogP contribution in [-0.4, -0.2) is 23.8 Å². The highest BCUT2D eigenvalue weighted by atomic mass is 16.5. The topological polar surface area (TPSA) is 84.5 Å². The lowest BCUT2D eigenvalue weighted by Gasteiger charge is -2.22. The van der Waals surface area contributed by atoms with Gasteiger partial charge in [-0.3, -0.25) is 9.59 Å². The average molecular weight is 318 g/mol. The van der Waals surface area contributed by atoms with Crippen molar-refractivity contribution < 1.29 is 19.1 Å². The van der Waals surface area contributed by atoms with E-state index in [1.54, 1.807) is 24.3 Å². The third-order valence-electron chi connectivity index (χ3n) is 3.88. The van der Waals surface area contributed by atoms with Gasteiger partial charge in [0.2, 0.25) is 11.8 Å². The lowest BCUT2D eigenvalue weighted by Crippen LogP contribution is -2.46. The van der Waals surface area contributed by atoms with Crippen molar-refractivity contribution in [2.45, 2.75) is 45.6 Å². The lowest BCUT2D eigenvalue weighted by molar-refractivity contribution is -0.140. The van der Waals surface area contributed by atoms with Crippen LogP contribution in [0, 0.1) is 5.92 Å². The van der Waals surface area contributed by atoms with Crippen molar-refractivity contribution in [2.75, 3.05) is 5.32 Å². The van der Waals surface area contributed by atoms with E-state index in [2.05, 4.69) is 10.6 Å². The Morgan fingerprint density at radius 2 is 1.65 bits per heavy atom. The molecule has 6 nitrogen and oxygen atoms in total. The highest BCUT2D eigenvalue weighted by Crippen LogP contribution is 2.28. The van der Waals surface area contributed by atoms with Gasteiger partial charge < -0.3 is 15.4 Å². The first-order valence-electron chi connectivity index (χ1n) is 7.82. The molecule has 23 heavy (non-hydrogen) atoms. The number of anilines is 1. The molecule has 1 saturated carbocycles. The number of benzene rings is 1. The number of ether oxygens (including phenoxy) is 1. The van der Waals surface area contributed by atoms with Crippen molar-refractivity contribution in [1.82, 2.24) is 5.32 Å². The molecule has 0 saturated heterocycles. The van der Waals surface area contributed by atoms with Gasteiger partial charge in [-0.15, -0.1) is 0 Å². The fourth-order valence-electron chi connectivity index (χ4n) is 2.87. The third-order valence-corrected chi connectivity index (χ3v) is 3.88. The van der Waals surface area contributed by atoms with E-state index in [0.29, 0.717) is 11.4 Å². The standard InChI is InChI=1S/C17H22N2O4/c1-11(20)18-14-7-9-15(10-8-14)23-17(22)16(19-12(2)21)13-5-3-4-6-13/h7-10,13,16H,3-6H2,1-2H3,(H,18,20)(H,19,21). The second kappa shape index (κ2) is 7.76. The fourth-order valence-corrected chi connectivity index (χ4v) is 2.87. The molecular weight excluding hydrogens is 296 g/mol. The number of carbonyl (C=O) groups is 3. The summed E-state index contributed by atoms with van der Waals surface area (Å²) < 4.78 is 5.38. The van der Waals surface area contributed by atoms with Gasteiger partial charge >= 0.3 is 5.97 Å². The maximum Gasteiger partial charge on any atom is 0.334 e. The Hall–Kier alpha value is -2.37. The van der Waals surface area contributed by atoms with Crippen LogP contribution in [0.1, 0.15) is 39.5 Å². The first-order valence-corrected chi connectivity index (χ1v) is 7.82. The molecule has 0 aliphatic heterocycles. The van der Waals surface area contributed by atoms with E-state index in [0.717, 1.165) is 25.7 Å². The summed E-state index contributed by atoms with van der Waals surface area (Å²) in [6.07, 6.45) is 3.97. The highest BCUT2D eigenvalue weighted by molar-refractivity contribution is 5.89. The molecule has 2 rings (SSSR count). The van der Waals surface area contributed by atoms with Crippen molar-refractivity contribution in [2.24, 2.45) is 5.92 Å². The minimum absolute atomic E-state index is 0.130. The molecule has 1 fully saturated rings. The summed E-state index contributed by atoms with van der Waals surface area (Å²) in [5.41, 5.74) is 0.631. The van der Waals surface area contributed by atoms with Gasteiger partial charge in [0, 0.05) is 19.5 Å². The Morgan fingerprint density at radius 3 is 2.17 bits per heavy atom. The van der Waals surface area contributed by atoms with Crippen molar-refractivity contribution >= 4 is 23.5 Å². The minimum Gasteiger partial charge on any atom is -0.425 e. The maximum atomic E-state index is 12.4. The predicted octanol–water partition coefficient (Wildman–Crippen LogP) is 2.25. The number of nitrogens with one attached hydrogen (secondary N) is 2. The van der Waals surface area contributed by atoms with Gasteiger partial charge in [0.05, 0.1) is 0 Å². The van der Waals surface area contributed by atoms with Crippen LogP contribution in [0.4, 0.5) is 5.69 Å². The van der Waals surface area contributed by atoms with E-state index < -0.39 is 12.0 Å². The number of esters is 1. The number of rotatable bonds is 5. The summed E-state index contributed by atoms with van der Waals surface area (Å²) in [6, 6.07) is 5.94. The molecule has 1 aromatic carbocycles.